The van der Waals surface area contributed by atoms with Crippen LogP contribution in [-0.2, 0) is 9.47 Å². The highest BCUT2D eigenvalue weighted by atomic mass is 19.1. The fourth-order valence-electron chi connectivity index (χ4n) is 5.20. The molecule has 5 heteroatoms. The van der Waals surface area contributed by atoms with E-state index in [1.165, 1.54) is 96.0 Å². The first-order chi connectivity index (χ1) is 19.2. The summed E-state index contributed by atoms with van der Waals surface area (Å²) < 4.78 is 32.3. The summed E-state index contributed by atoms with van der Waals surface area (Å²) in [4.78, 5) is 4.56. The van der Waals surface area contributed by atoms with E-state index in [2.05, 4.69) is 18.8 Å². The number of halogens is 1. The van der Waals surface area contributed by atoms with Crippen molar-refractivity contribution in [2.75, 3.05) is 19.8 Å². The van der Waals surface area contributed by atoms with E-state index in [4.69, 9.17) is 14.2 Å². The second-order valence-electron chi connectivity index (χ2n) is 11.2. The Morgan fingerprint density at radius 2 is 1.38 bits per heavy atom. The first-order valence-corrected chi connectivity index (χ1v) is 15.8. The lowest BCUT2D eigenvalue weighted by Gasteiger charge is -2.29. The Kier molecular flexibility index (Phi) is 15.5. The van der Waals surface area contributed by atoms with Crippen molar-refractivity contribution in [3.05, 3.63) is 47.9 Å². The number of unbranched alkanes of at least 4 members (excludes halogenated alkanes) is 13. The van der Waals surface area contributed by atoms with E-state index < -0.39 is 0 Å². The van der Waals surface area contributed by atoms with Crippen molar-refractivity contribution in [3.8, 4) is 17.0 Å². The number of nitrogens with zero attached hydrogens (tertiary/aromatic N) is 1. The van der Waals surface area contributed by atoms with Gasteiger partial charge in [-0.25, -0.2) is 4.39 Å². The van der Waals surface area contributed by atoms with Crippen LogP contribution in [0, 0.1) is 11.7 Å². The number of ether oxygens (including phenoxy) is 3. The molecule has 0 aliphatic carbocycles. The van der Waals surface area contributed by atoms with Crippen molar-refractivity contribution in [2.24, 2.45) is 5.92 Å². The molecule has 0 spiro atoms. The Morgan fingerprint density at radius 1 is 0.769 bits per heavy atom. The highest BCUT2D eigenvalue weighted by Crippen LogP contribution is 2.29. The quantitative estimate of drug-likeness (QED) is 0.156. The maximum absolute atomic E-state index is 14.6. The Labute approximate surface area is 237 Å². The molecule has 0 atom stereocenters. The summed E-state index contributed by atoms with van der Waals surface area (Å²) in [5.41, 5.74) is 2.36. The van der Waals surface area contributed by atoms with Crippen LogP contribution < -0.4 is 4.74 Å². The number of hydrogen-bond donors (Lipinski definition) is 0. The third-order valence-corrected chi connectivity index (χ3v) is 7.72. The highest BCUT2D eigenvalue weighted by molar-refractivity contribution is 5.60. The number of hydrogen-bond acceptors (Lipinski definition) is 4. The third-order valence-electron chi connectivity index (χ3n) is 7.72. The average Bonchev–Trinajstić information content (AvgIpc) is 2.97. The molecule has 0 saturated carbocycles. The van der Waals surface area contributed by atoms with Gasteiger partial charge in [0.05, 0.1) is 25.5 Å². The minimum atomic E-state index is -0.375. The number of pyridine rings is 1. The van der Waals surface area contributed by atoms with Crippen LogP contribution in [0.5, 0.6) is 5.75 Å². The van der Waals surface area contributed by atoms with Gasteiger partial charge in [-0.2, -0.15) is 0 Å². The van der Waals surface area contributed by atoms with Crippen molar-refractivity contribution in [3.63, 3.8) is 0 Å². The molecule has 1 fully saturated rings. The Hall–Kier alpha value is -1.98. The molecule has 0 N–H and O–H groups in total. The summed E-state index contributed by atoms with van der Waals surface area (Å²) in [6.45, 7) is 6.48. The maximum atomic E-state index is 14.6. The Morgan fingerprint density at radius 3 is 1.97 bits per heavy atom. The van der Waals surface area contributed by atoms with E-state index in [9.17, 15) is 4.39 Å². The van der Waals surface area contributed by atoms with Gasteiger partial charge < -0.3 is 14.2 Å². The highest BCUT2D eigenvalue weighted by Gasteiger charge is 2.23. The zero-order chi connectivity index (χ0) is 27.5. The van der Waals surface area contributed by atoms with E-state index >= 15 is 0 Å². The summed E-state index contributed by atoms with van der Waals surface area (Å²) in [6.07, 6.45) is 21.9. The first kappa shape index (κ1) is 31.5. The molecule has 0 bridgehead atoms. The van der Waals surface area contributed by atoms with Crippen LogP contribution >= 0.6 is 0 Å². The summed E-state index contributed by atoms with van der Waals surface area (Å²) in [5, 5.41) is 0. The maximum Gasteiger partial charge on any atom is 0.185 e. The van der Waals surface area contributed by atoms with Crippen LogP contribution in [0.15, 0.2) is 36.5 Å². The minimum Gasteiger partial charge on any atom is -0.491 e. The van der Waals surface area contributed by atoms with E-state index in [1.807, 2.05) is 18.2 Å². The lowest BCUT2D eigenvalue weighted by molar-refractivity contribution is -0.206. The molecule has 1 aromatic heterocycles. The number of aromatic nitrogens is 1. The molecule has 2 aromatic rings. The monoisotopic (exact) mass is 541 g/mol. The molecule has 1 saturated heterocycles. The lowest BCUT2D eigenvalue weighted by atomic mass is 10.0. The van der Waals surface area contributed by atoms with Crippen LogP contribution in [0.4, 0.5) is 4.39 Å². The zero-order valence-corrected chi connectivity index (χ0v) is 24.6. The van der Waals surface area contributed by atoms with Gasteiger partial charge >= 0.3 is 0 Å². The second-order valence-corrected chi connectivity index (χ2v) is 11.2. The van der Waals surface area contributed by atoms with E-state index in [0.29, 0.717) is 18.3 Å². The molecule has 0 unspecified atom stereocenters. The largest absolute Gasteiger partial charge is 0.491 e. The molecular weight excluding hydrogens is 489 g/mol. The van der Waals surface area contributed by atoms with Crippen LogP contribution in [0.2, 0.25) is 0 Å². The molecule has 2 heterocycles. The summed E-state index contributed by atoms with van der Waals surface area (Å²) in [7, 11) is 0. The Balaban J connectivity index is 1.32. The standard InChI is InChI=1S/C34H52FNO3/c1-3-5-7-9-10-11-12-13-14-16-18-28-26-38-34(39-27-28)30-19-21-32(36-25-30)29-20-22-33(31(35)24-29)37-23-17-15-8-6-4-2/h19-22,24-25,28,34H,3-18,23,26-27H2,1-2H3/t28-,34-. The van der Waals surface area contributed by atoms with Gasteiger partial charge in [0.2, 0.25) is 0 Å². The molecule has 1 aliphatic rings. The van der Waals surface area contributed by atoms with Crippen molar-refractivity contribution in [1.29, 1.82) is 0 Å². The molecule has 1 aromatic carbocycles. The fourth-order valence-corrected chi connectivity index (χ4v) is 5.20. The van der Waals surface area contributed by atoms with Crippen LogP contribution in [-0.4, -0.2) is 24.8 Å². The Bertz CT molecular complexity index is 896. The smallest absolute Gasteiger partial charge is 0.185 e. The second kappa shape index (κ2) is 19.2. The third kappa shape index (κ3) is 12.0. The van der Waals surface area contributed by atoms with Gasteiger partial charge in [0.15, 0.2) is 17.9 Å². The lowest BCUT2D eigenvalue weighted by Crippen LogP contribution is -2.27. The zero-order valence-electron chi connectivity index (χ0n) is 24.6. The predicted octanol–water partition coefficient (Wildman–Crippen LogP) is 10.2. The molecule has 4 nitrogen and oxygen atoms in total. The molecule has 1 aliphatic heterocycles. The average molecular weight is 542 g/mol. The van der Waals surface area contributed by atoms with Crippen molar-refractivity contribution >= 4 is 0 Å². The predicted molar refractivity (Wildman–Crippen MR) is 158 cm³/mol. The van der Waals surface area contributed by atoms with Crippen molar-refractivity contribution in [2.45, 2.75) is 123 Å². The van der Waals surface area contributed by atoms with Gasteiger partial charge in [0.1, 0.15) is 0 Å². The SMILES string of the molecule is CCCCCCCCCCCC[C@H]1CO[C@H](c2ccc(-c3ccc(OCCCCCCC)c(F)c3)nc2)OC1. The van der Waals surface area contributed by atoms with Crippen molar-refractivity contribution < 1.29 is 18.6 Å². The van der Waals surface area contributed by atoms with Gasteiger partial charge in [0.25, 0.3) is 0 Å². The molecule has 39 heavy (non-hydrogen) atoms. The summed E-state index contributed by atoms with van der Waals surface area (Å²) in [6, 6.07) is 8.94. The molecular formula is C34H52FNO3. The van der Waals surface area contributed by atoms with Gasteiger partial charge in [-0.15, -0.1) is 0 Å². The van der Waals surface area contributed by atoms with E-state index in [0.717, 1.165) is 42.9 Å². The molecule has 0 amide bonds. The van der Waals surface area contributed by atoms with Gasteiger partial charge in [-0.05, 0) is 37.1 Å². The van der Waals surface area contributed by atoms with Crippen molar-refractivity contribution in [1.82, 2.24) is 4.98 Å². The fraction of sp³-hybridized carbons (Fsp3) is 0.676. The molecule has 0 radical (unpaired) electrons. The topological polar surface area (TPSA) is 40.6 Å². The van der Waals surface area contributed by atoms with E-state index in [-0.39, 0.29) is 12.1 Å². The number of rotatable bonds is 20. The van der Waals surface area contributed by atoms with Gasteiger partial charge in [0, 0.05) is 23.2 Å². The van der Waals surface area contributed by atoms with Gasteiger partial charge in [-0.1, -0.05) is 110 Å². The summed E-state index contributed by atoms with van der Waals surface area (Å²) in [5.74, 6) is 0.434. The summed E-state index contributed by atoms with van der Waals surface area (Å²) >= 11 is 0. The van der Waals surface area contributed by atoms with E-state index in [1.54, 1.807) is 12.3 Å². The molecule has 218 valence electrons. The number of benzene rings is 1. The normalized spacial score (nSPS) is 17.4. The first-order valence-electron chi connectivity index (χ1n) is 15.8. The van der Waals surface area contributed by atoms with Gasteiger partial charge in [-0.3, -0.25) is 4.98 Å². The molecule has 3 rings (SSSR count). The van der Waals surface area contributed by atoms with Crippen LogP contribution in [0.1, 0.15) is 128 Å². The van der Waals surface area contributed by atoms with Crippen LogP contribution in [0.25, 0.3) is 11.3 Å². The minimum absolute atomic E-state index is 0.308. The van der Waals surface area contributed by atoms with Crippen LogP contribution in [0.3, 0.4) is 0 Å².